The summed E-state index contributed by atoms with van der Waals surface area (Å²) in [5.74, 6) is -0.514. The predicted octanol–water partition coefficient (Wildman–Crippen LogP) is 4.42. The third kappa shape index (κ3) is 3.79. The molecule has 0 heterocycles. The van der Waals surface area contributed by atoms with Crippen LogP contribution >= 0.6 is 0 Å². The number of carbonyl (C=O) groups excluding carboxylic acids is 2. The van der Waals surface area contributed by atoms with Crippen LogP contribution in [0.1, 0.15) is 55.4 Å². The Bertz CT molecular complexity index is 1060. The Labute approximate surface area is 171 Å². The number of hydrogen-bond acceptors (Lipinski definition) is 2. The van der Waals surface area contributed by atoms with E-state index in [-0.39, 0.29) is 11.9 Å². The second kappa shape index (κ2) is 7.92. The van der Waals surface area contributed by atoms with Crippen molar-refractivity contribution in [1.29, 1.82) is 0 Å². The number of carbonyl (C=O) groups is 2. The van der Waals surface area contributed by atoms with Crippen molar-refractivity contribution in [3.63, 3.8) is 0 Å². The van der Waals surface area contributed by atoms with Crippen molar-refractivity contribution in [1.82, 2.24) is 4.90 Å². The van der Waals surface area contributed by atoms with Gasteiger partial charge in [-0.25, -0.2) is 0 Å². The van der Waals surface area contributed by atoms with E-state index in [4.69, 9.17) is 5.73 Å². The van der Waals surface area contributed by atoms with Crippen molar-refractivity contribution in [2.75, 3.05) is 0 Å². The monoisotopic (exact) mass is 384 g/mol. The van der Waals surface area contributed by atoms with Crippen LogP contribution in [0.5, 0.6) is 0 Å². The number of rotatable bonds is 5. The molecule has 2 amide bonds. The van der Waals surface area contributed by atoms with Crippen LogP contribution < -0.4 is 5.73 Å². The Kier molecular flexibility index (Phi) is 5.17. The molecule has 0 aromatic heterocycles. The van der Waals surface area contributed by atoms with Gasteiger partial charge in [-0.3, -0.25) is 9.59 Å². The van der Waals surface area contributed by atoms with Crippen LogP contribution in [-0.4, -0.2) is 16.7 Å². The third-order valence-electron chi connectivity index (χ3n) is 5.63. The lowest BCUT2D eigenvalue weighted by molar-refractivity contribution is 0.0656. The number of aryl methyl sites for hydroxylation is 2. The summed E-state index contributed by atoms with van der Waals surface area (Å²) in [7, 11) is 0. The lowest BCUT2D eigenvalue weighted by Crippen LogP contribution is -2.34. The number of nitrogens with two attached hydrogens (primary N) is 1. The average Bonchev–Trinajstić information content (AvgIpc) is 3.15. The highest BCUT2D eigenvalue weighted by molar-refractivity contribution is 5.96. The first-order valence-electron chi connectivity index (χ1n) is 9.88. The van der Waals surface area contributed by atoms with Crippen molar-refractivity contribution < 1.29 is 9.59 Å². The second-order valence-corrected chi connectivity index (χ2v) is 7.58. The van der Waals surface area contributed by atoms with Crippen molar-refractivity contribution >= 4 is 11.8 Å². The maximum atomic E-state index is 13.5. The Morgan fingerprint density at radius 1 is 1.00 bits per heavy atom. The molecular formula is C25H24N2O2. The third-order valence-corrected chi connectivity index (χ3v) is 5.63. The highest BCUT2D eigenvalue weighted by Crippen LogP contribution is 2.38. The minimum absolute atomic E-state index is 0.0291. The summed E-state index contributed by atoms with van der Waals surface area (Å²) in [6, 6.07) is 23.0. The maximum absolute atomic E-state index is 13.5. The molecule has 1 aliphatic carbocycles. The van der Waals surface area contributed by atoms with E-state index in [2.05, 4.69) is 25.1 Å². The average molecular weight is 384 g/mol. The van der Waals surface area contributed by atoms with E-state index in [1.54, 1.807) is 12.1 Å². The molecule has 0 unspecified atom stereocenters. The standard InChI is InChI=1S/C25H24N2O2/c1-17-11-12-18-13-14-23(22(18)15-17)27(25(29)19-7-3-2-4-8-19)16-20-9-5-6-10-21(20)24(26)28/h2-12,15,23H,13-14,16H2,1H3,(H2,26,28)/t23-/m1/s1. The van der Waals surface area contributed by atoms with Crippen molar-refractivity contribution in [2.45, 2.75) is 32.4 Å². The summed E-state index contributed by atoms with van der Waals surface area (Å²) in [5, 5.41) is 0. The highest BCUT2D eigenvalue weighted by atomic mass is 16.2. The zero-order valence-electron chi connectivity index (χ0n) is 16.5. The first-order valence-corrected chi connectivity index (χ1v) is 9.88. The molecule has 4 heteroatoms. The molecule has 0 radical (unpaired) electrons. The Balaban J connectivity index is 1.77. The van der Waals surface area contributed by atoms with Crippen LogP contribution in [0.4, 0.5) is 0 Å². The summed E-state index contributed by atoms with van der Waals surface area (Å²) in [4.78, 5) is 27.3. The van der Waals surface area contributed by atoms with Crippen LogP contribution in [0.25, 0.3) is 0 Å². The van der Waals surface area contributed by atoms with E-state index in [0.717, 1.165) is 18.4 Å². The van der Waals surface area contributed by atoms with Crippen LogP contribution in [0.3, 0.4) is 0 Å². The molecule has 2 N–H and O–H groups in total. The van der Waals surface area contributed by atoms with Crippen molar-refractivity contribution in [2.24, 2.45) is 5.73 Å². The lowest BCUT2D eigenvalue weighted by Gasteiger charge is -2.31. The van der Waals surface area contributed by atoms with Crippen molar-refractivity contribution in [3.05, 3.63) is 106 Å². The summed E-state index contributed by atoms with van der Waals surface area (Å²) >= 11 is 0. The molecular weight excluding hydrogens is 360 g/mol. The van der Waals surface area contributed by atoms with E-state index in [0.29, 0.717) is 17.7 Å². The van der Waals surface area contributed by atoms with Gasteiger partial charge in [-0.05, 0) is 54.7 Å². The summed E-state index contributed by atoms with van der Waals surface area (Å²) in [6.07, 6.45) is 1.81. The molecule has 4 nitrogen and oxygen atoms in total. The molecule has 0 bridgehead atoms. The number of fused-ring (bicyclic) bond motifs is 1. The Morgan fingerprint density at radius 3 is 2.48 bits per heavy atom. The molecule has 0 saturated carbocycles. The van der Waals surface area contributed by atoms with E-state index >= 15 is 0 Å². The number of amides is 2. The summed E-state index contributed by atoms with van der Waals surface area (Å²) in [6.45, 7) is 2.41. The van der Waals surface area contributed by atoms with Gasteiger partial charge in [-0.1, -0.05) is 60.2 Å². The fourth-order valence-corrected chi connectivity index (χ4v) is 4.18. The molecule has 0 saturated heterocycles. The minimum Gasteiger partial charge on any atom is -0.366 e. The molecule has 29 heavy (non-hydrogen) atoms. The van der Waals surface area contributed by atoms with E-state index in [1.165, 1.54) is 16.7 Å². The van der Waals surface area contributed by atoms with Crippen LogP contribution in [0.15, 0.2) is 72.8 Å². The van der Waals surface area contributed by atoms with E-state index in [9.17, 15) is 9.59 Å². The van der Waals surface area contributed by atoms with Crippen molar-refractivity contribution in [3.8, 4) is 0 Å². The van der Waals surface area contributed by atoms with E-state index in [1.807, 2.05) is 47.4 Å². The largest absolute Gasteiger partial charge is 0.366 e. The summed E-state index contributed by atoms with van der Waals surface area (Å²) in [5.41, 5.74) is 11.1. The molecule has 146 valence electrons. The van der Waals surface area contributed by atoms with Crippen LogP contribution in [0.2, 0.25) is 0 Å². The predicted molar refractivity (Wildman–Crippen MR) is 114 cm³/mol. The van der Waals surface area contributed by atoms with Gasteiger partial charge < -0.3 is 10.6 Å². The molecule has 3 aromatic carbocycles. The van der Waals surface area contributed by atoms with Gasteiger partial charge in [-0.2, -0.15) is 0 Å². The van der Waals surface area contributed by atoms with Gasteiger partial charge in [0.2, 0.25) is 5.91 Å². The van der Waals surface area contributed by atoms with E-state index < -0.39 is 5.91 Å². The first kappa shape index (κ1) is 18.9. The van der Waals surface area contributed by atoms with Crippen LogP contribution in [-0.2, 0) is 13.0 Å². The van der Waals surface area contributed by atoms with Gasteiger partial charge in [0.05, 0.1) is 6.04 Å². The van der Waals surface area contributed by atoms with Gasteiger partial charge in [0.15, 0.2) is 0 Å². The minimum atomic E-state index is -0.477. The fraction of sp³-hybridized carbons (Fsp3) is 0.200. The molecule has 0 spiro atoms. The maximum Gasteiger partial charge on any atom is 0.254 e. The molecule has 1 atom stereocenters. The first-order chi connectivity index (χ1) is 14.0. The molecule has 4 rings (SSSR count). The number of benzene rings is 3. The number of primary amides is 1. The van der Waals surface area contributed by atoms with Gasteiger partial charge in [-0.15, -0.1) is 0 Å². The smallest absolute Gasteiger partial charge is 0.254 e. The number of hydrogen-bond donors (Lipinski definition) is 1. The van der Waals surface area contributed by atoms with Gasteiger partial charge in [0.1, 0.15) is 0 Å². The Morgan fingerprint density at radius 2 is 1.72 bits per heavy atom. The zero-order valence-corrected chi connectivity index (χ0v) is 16.5. The lowest BCUT2D eigenvalue weighted by atomic mass is 10.0. The Hall–Kier alpha value is -3.40. The summed E-state index contributed by atoms with van der Waals surface area (Å²) < 4.78 is 0. The van der Waals surface area contributed by atoms with Gasteiger partial charge >= 0.3 is 0 Å². The quantitative estimate of drug-likeness (QED) is 0.708. The topological polar surface area (TPSA) is 63.4 Å². The second-order valence-electron chi connectivity index (χ2n) is 7.58. The fourth-order valence-electron chi connectivity index (χ4n) is 4.18. The van der Waals surface area contributed by atoms with Gasteiger partial charge in [0.25, 0.3) is 5.91 Å². The SMILES string of the molecule is Cc1ccc2c(c1)[C@H](N(Cc1ccccc1C(N)=O)C(=O)c1ccccc1)CC2. The molecule has 0 aliphatic heterocycles. The molecule has 3 aromatic rings. The highest BCUT2D eigenvalue weighted by Gasteiger charge is 2.32. The zero-order chi connectivity index (χ0) is 20.4. The molecule has 0 fully saturated rings. The van der Waals surface area contributed by atoms with Crippen LogP contribution in [0, 0.1) is 6.92 Å². The normalized spacial score (nSPS) is 15.0. The molecule has 1 aliphatic rings. The van der Waals surface area contributed by atoms with Gasteiger partial charge in [0, 0.05) is 17.7 Å². The number of nitrogens with zero attached hydrogens (tertiary/aromatic N) is 1.